The van der Waals surface area contributed by atoms with Crippen LogP contribution in [0.25, 0.3) is 0 Å². The Bertz CT molecular complexity index is 715. The normalized spacial score (nSPS) is 9.87. The number of hydrogen-bond donors (Lipinski definition) is 2. The molecule has 0 fully saturated rings. The summed E-state index contributed by atoms with van der Waals surface area (Å²) in [5.74, 6) is 0.858. The topological polar surface area (TPSA) is 68.8 Å². The zero-order valence-corrected chi connectivity index (χ0v) is 14.5. The maximum Gasteiger partial charge on any atom is 0.350 e. The summed E-state index contributed by atoms with van der Waals surface area (Å²) in [6.07, 6.45) is 0. The van der Waals surface area contributed by atoms with Crippen molar-refractivity contribution < 1.29 is 19.0 Å². The monoisotopic (exact) mass is 352 g/mol. The summed E-state index contributed by atoms with van der Waals surface area (Å²) in [7, 11) is 4.48. The molecule has 122 valence electrons. The van der Waals surface area contributed by atoms with E-state index in [1.165, 1.54) is 18.4 Å². The van der Waals surface area contributed by atoms with E-state index in [9.17, 15) is 4.79 Å². The molecule has 0 radical (unpaired) electrons. The Balaban J connectivity index is 2.11. The lowest BCUT2D eigenvalue weighted by Gasteiger charge is -2.14. The van der Waals surface area contributed by atoms with E-state index in [1.807, 2.05) is 0 Å². The van der Waals surface area contributed by atoms with Crippen LogP contribution in [-0.2, 0) is 4.74 Å². The van der Waals surface area contributed by atoms with Gasteiger partial charge < -0.3 is 24.8 Å². The molecule has 23 heavy (non-hydrogen) atoms. The number of esters is 1. The number of carbonyl (C=O) groups is 1. The highest BCUT2D eigenvalue weighted by atomic mass is 32.1. The molecule has 1 aromatic heterocycles. The number of carbonyl (C=O) groups excluding carboxylic acids is 1. The van der Waals surface area contributed by atoms with Gasteiger partial charge in [0.05, 0.1) is 32.7 Å². The molecule has 0 spiro atoms. The highest BCUT2D eigenvalue weighted by Crippen LogP contribution is 2.29. The molecule has 8 heteroatoms. The zero-order chi connectivity index (χ0) is 16.8. The third-order valence-corrected chi connectivity index (χ3v) is 4.04. The van der Waals surface area contributed by atoms with Crippen molar-refractivity contribution in [3.05, 3.63) is 34.5 Å². The van der Waals surface area contributed by atoms with Crippen LogP contribution < -0.4 is 20.1 Å². The molecule has 0 saturated carbocycles. The van der Waals surface area contributed by atoms with E-state index in [4.69, 9.17) is 26.4 Å². The fourth-order valence-corrected chi connectivity index (χ4v) is 2.82. The van der Waals surface area contributed by atoms with Crippen LogP contribution in [0, 0.1) is 0 Å². The van der Waals surface area contributed by atoms with Gasteiger partial charge in [0.1, 0.15) is 16.4 Å². The standard InChI is InChI=1S/C15H16N2O4S2/c1-19-9-4-5-10(12(8-9)20-2)16-15(22)17-11-6-7-23-13(11)14(18)21-3/h4-8H,1-3H3,(H2,16,17,22). The van der Waals surface area contributed by atoms with Gasteiger partial charge >= 0.3 is 5.97 Å². The Morgan fingerprint density at radius 1 is 1.09 bits per heavy atom. The van der Waals surface area contributed by atoms with Gasteiger partial charge in [0, 0.05) is 6.07 Å². The molecule has 2 aromatic rings. The smallest absolute Gasteiger partial charge is 0.350 e. The minimum Gasteiger partial charge on any atom is -0.497 e. The SMILES string of the molecule is COC(=O)c1sccc1NC(=S)Nc1ccc(OC)cc1OC. The van der Waals surface area contributed by atoms with Crippen LogP contribution in [0.15, 0.2) is 29.6 Å². The molecular formula is C15H16N2O4S2. The Labute approximate surface area is 143 Å². The first kappa shape index (κ1) is 17.0. The van der Waals surface area contributed by atoms with E-state index < -0.39 is 5.97 Å². The molecule has 6 nitrogen and oxygen atoms in total. The van der Waals surface area contributed by atoms with Crippen LogP contribution in [0.2, 0.25) is 0 Å². The Morgan fingerprint density at radius 3 is 2.48 bits per heavy atom. The van der Waals surface area contributed by atoms with Crippen molar-refractivity contribution >= 4 is 46.0 Å². The van der Waals surface area contributed by atoms with Gasteiger partial charge in [0.2, 0.25) is 0 Å². The van der Waals surface area contributed by atoms with Gasteiger partial charge in [0.15, 0.2) is 5.11 Å². The van der Waals surface area contributed by atoms with Crippen LogP contribution in [-0.4, -0.2) is 32.4 Å². The first-order chi connectivity index (χ1) is 11.1. The van der Waals surface area contributed by atoms with Gasteiger partial charge in [-0.05, 0) is 35.8 Å². The number of hydrogen-bond acceptors (Lipinski definition) is 6. The second kappa shape index (κ2) is 7.80. The van der Waals surface area contributed by atoms with E-state index in [0.717, 1.165) is 0 Å². The van der Waals surface area contributed by atoms with Gasteiger partial charge in [0.25, 0.3) is 0 Å². The second-order valence-electron chi connectivity index (χ2n) is 4.30. The number of thiophene rings is 1. The number of ether oxygens (including phenoxy) is 3. The van der Waals surface area contributed by atoms with Gasteiger partial charge in [-0.1, -0.05) is 0 Å². The molecule has 1 aromatic carbocycles. The molecule has 0 unspecified atom stereocenters. The average Bonchev–Trinajstić information content (AvgIpc) is 3.02. The summed E-state index contributed by atoms with van der Waals surface area (Å²) in [6.45, 7) is 0. The molecule has 0 aliphatic heterocycles. The molecule has 0 bridgehead atoms. The Kier molecular flexibility index (Phi) is 5.78. The molecule has 0 saturated heterocycles. The summed E-state index contributed by atoms with van der Waals surface area (Å²) in [5, 5.41) is 8.12. The minimum absolute atomic E-state index is 0.331. The summed E-state index contributed by atoms with van der Waals surface area (Å²) < 4.78 is 15.2. The molecule has 0 aliphatic rings. The van der Waals surface area contributed by atoms with Gasteiger partial charge in [-0.3, -0.25) is 0 Å². The van der Waals surface area contributed by atoms with Crippen LogP contribution in [0.3, 0.4) is 0 Å². The quantitative estimate of drug-likeness (QED) is 0.632. The lowest BCUT2D eigenvalue weighted by atomic mass is 10.2. The minimum atomic E-state index is -0.410. The molecular weight excluding hydrogens is 336 g/mol. The van der Waals surface area contributed by atoms with E-state index in [2.05, 4.69) is 10.6 Å². The lowest BCUT2D eigenvalue weighted by Crippen LogP contribution is -2.20. The third-order valence-electron chi connectivity index (χ3n) is 2.94. The van der Waals surface area contributed by atoms with Crippen LogP contribution in [0.5, 0.6) is 11.5 Å². The predicted octanol–water partition coefficient (Wildman–Crippen LogP) is 3.36. The Morgan fingerprint density at radius 2 is 1.83 bits per heavy atom. The van der Waals surface area contributed by atoms with Crippen LogP contribution in [0.1, 0.15) is 9.67 Å². The first-order valence-corrected chi connectivity index (χ1v) is 7.83. The molecule has 2 rings (SSSR count). The molecule has 0 aliphatic carbocycles. The van der Waals surface area contributed by atoms with Crippen molar-refractivity contribution in [3.8, 4) is 11.5 Å². The fourth-order valence-electron chi connectivity index (χ4n) is 1.84. The molecule has 2 N–H and O–H groups in total. The van der Waals surface area contributed by atoms with Crippen molar-refractivity contribution in [2.24, 2.45) is 0 Å². The van der Waals surface area contributed by atoms with E-state index >= 15 is 0 Å². The number of anilines is 2. The van der Waals surface area contributed by atoms with Crippen molar-refractivity contribution in [3.63, 3.8) is 0 Å². The zero-order valence-electron chi connectivity index (χ0n) is 12.8. The summed E-state index contributed by atoms with van der Waals surface area (Å²) >= 11 is 6.56. The maximum absolute atomic E-state index is 11.7. The number of rotatable bonds is 5. The number of methoxy groups -OCH3 is 3. The summed E-state index contributed by atoms with van der Waals surface area (Å²) in [6, 6.07) is 7.09. The first-order valence-electron chi connectivity index (χ1n) is 6.55. The molecule has 0 atom stereocenters. The van der Waals surface area contributed by atoms with Crippen molar-refractivity contribution in [1.82, 2.24) is 0 Å². The summed E-state index contributed by atoms with van der Waals surface area (Å²) in [5.41, 5.74) is 1.27. The van der Waals surface area contributed by atoms with Crippen molar-refractivity contribution in [1.29, 1.82) is 0 Å². The largest absolute Gasteiger partial charge is 0.497 e. The highest BCUT2D eigenvalue weighted by molar-refractivity contribution is 7.80. The number of thiocarbonyl (C=S) groups is 1. The van der Waals surface area contributed by atoms with Crippen LogP contribution in [0.4, 0.5) is 11.4 Å². The predicted molar refractivity (Wildman–Crippen MR) is 95.0 cm³/mol. The number of benzene rings is 1. The molecule has 1 heterocycles. The van der Waals surface area contributed by atoms with Crippen molar-refractivity contribution in [2.75, 3.05) is 32.0 Å². The van der Waals surface area contributed by atoms with Gasteiger partial charge in [-0.2, -0.15) is 0 Å². The third kappa shape index (κ3) is 4.11. The Hall–Kier alpha value is -2.32. The van der Waals surface area contributed by atoms with Crippen molar-refractivity contribution in [2.45, 2.75) is 0 Å². The van der Waals surface area contributed by atoms with E-state index in [-0.39, 0.29) is 0 Å². The highest BCUT2D eigenvalue weighted by Gasteiger charge is 2.15. The fraction of sp³-hybridized carbons (Fsp3) is 0.200. The summed E-state index contributed by atoms with van der Waals surface area (Å²) in [4.78, 5) is 12.1. The van der Waals surface area contributed by atoms with E-state index in [1.54, 1.807) is 43.9 Å². The lowest BCUT2D eigenvalue weighted by molar-refractivity contribution is 0.0607. The molecule has 0 amide bonds. The second-order valence-corrected chi connectivity index (χ2v) is 5.62. The average molecular weight is 352 g/mol. The maximum atomic E-state index is 11.7. The van der Waals surface area contributed by atoms with Gasteiger partial charge in [-0.15, -0.1) is 11.3 Å². The van der Waals surface area contributed by atoms with E-state index in [0.29, 0.717) is 32.9 Å². The van der Waals surface area contributed by atoms with Crippen LogP contribution >= 0.6 is 23.6 Å². The van der Waals surface area contributed by atoms with Gasteiger partial charge in [-0.25, -0.2) is 4.79 Å². The number of nitrogens with one attached hydrogen (secondary N) is 2.